The fourth-order valence-electron chi connectivity index (χ4n) is 3.32. The first-order valence-corrected chi connectivity index (χ1v) is 9.41. The summed E-state index contributed by atoms with van der Waals surface area (Å²) >= 11 is 0. The highest BCUT2D eigenvalue weighted by Crippen LogP contribution is 2.27. The predicted octanol–water partition coefficient (Wildman–Crippen LogP) is 3.33. The molecule has 2 rings (SSSR count). The second kappa shape index (κ2) is 9.20. The highest BCUT2D eigenvalue weighted by atomic mass is 16.3. The fraction of sp³-hybridized carbons (Fsp3) is 0.650. The molecular weight excluding hydrogens is 314 g/mol. The van der Waals surface area contributed by atoms with Crippen molar-refractivity contribution in [2.24, 2.45) is 5.92 Å². The lowest BCUT2D eigenvalue weighted by molar-refractivity contribution is 0.0924. The third kappa shape index (κ3) is 6.01. The summed E-state index contributed by atoms with van der Waals surface area (Å²) in [6.07, 6.45) is 1.83. The summed E-state index contributed by atoms with van der Waals surface area (Å²) in [5.41, 5.74) is 3.04. The Balaban J connectivity index is 1.81. The Hall–Kier alpha value is -1.59. The van der Waals surface area contributed by atoms with E-state index in [0.717, 1.165) is 35.8 Å². The van der Waals surface area contributed by atoms with Crippen LogP contribution in [0.5, 0.6) is 0 Å². The molecule has 1 saturated heterocycles. The van der Waals surface area contributed by atoms with Crippen LogP contribution in [-0.2, 0) is 0 Å². The van der Waals surface area contributed by atoms with Gasteiger partial charge in [0.25, 0.3) is 0 Å². The van der Waals surface area contributed by atoms with Gasteiger partial charge in [-0.1, -0.05) is 39.0 Å². The molecule has 3 N–H and O–H groups in total. The first-order chi connectivity index (χ1) is 11.9. The maximum absolute atomic E-state index is 12.2. The van der Waals surface area contributed by atoms with Crippen LogP contribution in [-0.4, -0.2) is 48.3 Å². The van der Waals surface area contributed by atoms with E-state index in [1.807, 2.05) is 25.1 Å². The van der Waals surface area contributed by atoms with E-state index >= 15 is 0 Å². The van der Waals surface area contributed by atoms with E-state index in [1.165, 1.54) is 12.8 Å². The van der Waals surface area contributed by atoms with Crippen molar-refractivity contribution in [1.82, 2.24) is 10.2 Å². The van der Waals surface area contributed by atoms with Crippen LogP contribution >= 0.6 is 0 Å². The molecule has 1 aliphatic rings. The van der Waals surface area contributed by atoms with Crippen LogP contribution in [0.3, 0.4) is 0 Å². The topological polar surface area (TPSA) is 64.6 Å². The normalized spacial score (nSPS) is 17.5. The number of β-amino-alcohol motifs (C(OH)–C–C–N with tert-alkyl or cyclic N) is 1. The number of nitrogens with zero attached hydrogens (tertiary/aromatic N) is 1. The van der Waals surface area contributed by atoms with E-state index in [-0.39, 0.29) is 12.6 Å². The van der Waals surface area contributed by atoms with Crippen molar-refractivity contribution in [3.05, 3.63) is 29.3 Å². The first-order valence-electron chi connectivity index (χ1n) is 9.41. The number of anilines is 1. The van der Waals surface area contributed by atoms with Crippen molar-refractivity contribution in [3.8, 4) is 0 Å². The summed E-state index contributed by atoms with van der Waals surface area (Å²) < 4.78 is 0. The minimum atomic E-state index is -0.541. The van der Waals surface area contributed by atoms with E-state index in [4.69, 9.17) is 0 Å². The number of carbonyl (C=O) groups excluding carboxylic acids is 1. The summed E-state index contributed by atoms with van der Waals surface area (Å²) in [5.74, 6) is 1.11. The van der Waals surface area contributed by atoms with E-state index in [1.54, 1.807) is 0 Å². The number of likely N-dealkylation sites (tertiary alicyclic amines) is 1. The zero-order chi connectivity index (χ0) is 18.4. The second-order valence-corrected chi connectivity index (χ2v) is 7.67. The van der Waals surface area contributed by atoms with Crippen molar-refractivity contribution >= 4 is 11.7 Å². The molecule has 1 aromatic carbocycles. The van der Waals surface area contributed by atoms with Gasteiger partial charge in [-0.25, -0.2) is 4.79 Å². The summed E-state index contributed by atoms with van der Waals surface area (Å²) in [6.45, 7) is 11.4. The van der Waals surface area contributed by atoms with Gasteiger partial charge < -0.3 is 20.6 Å². The number of aliphatic hydroxyl groups excluding tert-OH is 1. The maximum Gasteiger partial charge on any atom is 0.319 e. The van der Waals surface area contributed by atoms with Gasteiger partial charge in [0.2, 0.25) is 0 Å². The number of piperidine rings is 1. The van der Waals surface area contributed by atoms with Gasteiger partial charge in [-0.05, 0) is 55.8 Å². The highest BCUT2D eigenvalue weighted by Gasteiger charge is 2.19. The van der Waals surface area contributed by atoms with Crippen LogP contribution < -0.4 is 10.6 Å². The van der Waals surface area contributed by atoms with Crippen LogP contribution in [0.1, 0.15) is 50.7 Å². The molecule has 1 aromatic rings. The lowest BCUT2D eigenvalue weighted by Crippen LogP contribution is -2.43. The third-order valence-corrected chi connectivity index (χ3v) is 5.01. The second-order valence-electron chi connectivity index (χ2n) is 7.67. The van der Waals surface area contributed by atoms with Gasteiger partial charge in [0.05, 0.1) is 6.10 Å². The molecule has 5 nitrogen and oxygen atoms in total. The Morgan fingerprint density at radius 1 is 1.32 bits per heavy atom. The molecule has 5 heteroatoms. The fourth-order valence-corrected chi connectivity index (χ4v) is 3.32. The minimum absolute atomic E-state index is 0.262. The maximum atomic E-state index is 12.2. The minimum Gasteiger partial charge on any atom is -0.390 e. The number of aryl methyl sites for hydroxylation is 1. The van der Waals surface area contributed by atoms with Crippen LogP contribution in [0, 0.1) is 12.8 Å². The summed E-state index contributed by atoms with van der Waals surface area (Å²) in [6, 6.07) is 5.78. The zero-order valence-electron chi connectivity index (χ0n) is 16.0. The van der Waals surface area contributed by atoms with Gasteiger partial charge in [0.15, 0.2) is 0 Å². The number of rotatable bonds is 6. The Labute approximate surface area is 151 Å². The molecule has 1 fully saturated rings. The predicted molar refractivity (Wildman–Crippen MR) is 103 cm³/mol. The molecule has 0 aromatic heterocycles. The SMILES string of the molecule is Cc1cccc(C(C)C)c1NC(=O)NC[C@@H](O)CN1CCC(C)CC1. The molecular formula is C20H33N3O2. The molecule has 1 atom stereocenters. The monoisotopic (exact) mass is 347 g/mol. The molecule has 140 valence electrons. The van der Waals surface area contributed by atoms with E-state index in [9.17, 15) is 9.90 Å². The van der Waals surface area contributed by atoms with Crippen LogP contribution in [0.4, 0.5) is 10.5 Å². The van der Waals surface area contributed by atoms with E-state index in [0.29, 0.717) is 12.5 Å². The van der Waals surface area contributed by atoms with Crippen LogP contribution in [0.2, 0.25) is 0 Å². The van der Waals surface area contributed by atoms with Gasteiger partial charge in [-0.3, -0.25) is 0 Å². The lowest BCUT2D eigenvalue weighted by atomic mass is 9.98. The number of carbonyl (C=O) groups is 1. The van der Waals surface area contributed by atoms with Gasteiger partial charge in [0.1, 0.15) is 0 Å². The van der Waals surface area contributed by atoms with Crippen molar-refractivity contribution in [2.75, 3.05) is 31.5 Å². The smallest absolute Gasteiger partial charge is 0.319 e. The Bertz CT molecular complexity index is 566. The molecule has 0 radical (unpaired) electrons. The quantitative estimate of drug-likeness (QED) is 0.739. The number of hydrogen-bond donors (Lipinski definition) is 3. The first kappa shape index (κ1) is 19.7. The Kier molecular flexibility index (Phi) is 7.26. The number of aliphatic hydroxyl groups is 1. The number of hydrogen-bond acceptors (Lipinski definition) is 3. The summed E-state index contributed by atoms with van der Waals surface area (Å²) in [5, 5.41) is 15.9. The molecule has 2 amide bonds. The molecule has 1 heterocycles. The van der Waals surface area contributed by atoms with Crippen molar-refractivity contribution in [3.63, 3.8) is 0 Å². The summed E-state index contributed by atoms with van der Waals surface area (Å²) in [7, 11) is 0. The standard InChI is InChI=1S/C20H33N3O2/c1-14(2)18-7-5-6-16(4)19(18)22-20(25)21-12-17(24)13-23-10-8-15(3)9-11-23/h5-7,14-15,17,24H,8-13H2,1-4H3,(H2,21,22,25)/t17-/m1/s1. The average molecular weight is 348 g/mol. The van der Waals surface area contributed by atoms with E-state index < -0.39 is 6.10 Å². The van der Waals surface area contributed by atoms with Crippen molar-refractivity contribution in [1.29, 1.82) is 0 Å². The molecule has 0 spiro atoms. The van der Waals surface area contributed by atoms with Crippen LogP contribution in [0.15, 0.2) is 18.2 Å². The Morgan fingerprint density at radius 3 is 2.64 bits per heavy atom. The van der Waals surface area contributed by atoms with Crippen molar-refractivity contribution < 1.29 is 9.90 Å². The summed E-state index contributed by atoms with van der Waals surface area (Å²) in [4.78, 5) is 14.5. The number of amides is 2. The Morgan fingerprint density at radius 2 is 2.00 bits per heavy atom. The highest BCUT2D eigenvalue weighted by molar-refractivity contribution is 5.91. The lowest BCUT2D eigenvalue weighted by Gasteiger charge is -2.31. The molecule has 0 unspecified atom stereocenters. The molecule has 0 bridgehead atoms. The number of para-hydroxylation sites is 1. The average Bonchev–Trinajstić information content (AvgIpc) is 2.56. The van der Waals surface area contributed by atoms with Gasteiger partial charge >= 0.3 is 6.03 Å². The number of urea groups is 1. The largest absolute Gasteiger partial charge is 0.390 e. The molecule has 0 saturated carbocycles. The number of nitrogens with one attached hydrogen (secondary N) is 2. The van der Waals surface area contributed by atoms with Gasteiger partial charge in [-0.2, -0.15) is 0 Å². The molecule has 25 heavy (non-hydrogen) atoms. The van der Waals surface area contributed by atoms with Crippen LogP contribution in [0.25, 0.3) is 0 Å². The van der Waals surface area contributed by atoms with Gasteiger partial charge in [0, 0.05) is 18.8 Å². The molecule has 1 aliphatic heterocycles. The van der Waals surface area contributed by atoms with Crippen molar-refractivity contribution in [2.45, 2.75) is 52.6 Å². The zero-order valence-corrected chi connectivity index (χ0v) is 16.0. The van der Waals surface area contributed by atoms with Gasteiger partial charge in [-0.15, -0.1) is 0 Å². The molecule has 0 aliphatic carbocycles. The van der Waals surface area contributed by atoms with E-state index in [2.05, 4.69) is 36.3 Å². The third-order valence-electron chi connectivity index (χ3n) is 5.01. The number of benzene rings is 1.